The molecule has 1 N–H and O–H groups in total. The van der Waals surface area contributed by atoms with Gasteiger partial charge in [-0.15, -0.1) is 11.3 Å². The molecule has 0 fully saturated rings. The summed E-state index contributed by atoms with van der Waals surface area (Å²) in [7, 11) is 0. The molecule has 2 rings (SSSR count). The van der Waals surface area contributed by atoms with E-state index < -0.39 is 0 Å². The average Bonchev–Trinajstić information content (AvgIpc) is 2.89. The molecule has 0 radical (unpaired) electrons. The predicted molar refractivity (Wildman–Crippen MR) is 73.3 cm³/mol. The first-order chi connectivity index (χ1) is 8.40. The van der Waals surface area contributed by atoms with Crippen LogP contribution >= 0.6 is 11.3 Å². The van der Waals surface area contributed by atoms with Crippen molar-refractivity contribution in [1.82, 2.24) is 10.3 Å². The number of aromatic nitrogens is 1. The number of nitrogens with zero attached hydrogens (tertiary/aromatic N) is 1. The number of nitrogens with one attached hydrogen (secondary N) is 1. The molecule has 3 heteroatoms. The molecule has 1 heterocycles. The molecule has 1 atom stereocenters. The molecule has 1 aromatic heterocycles. The second-order valence-corrected chi connectivity index (χ2v) is 4.83. The van der Waals surface area contributed by atoms with E-state index in [1.54, 1.807) is 11.3 Å². The highest BCUT2D eigenvalue weighted by Gasteiger charge is 2.12. The maximum absolute atomic E-state index is 4.42. The zero-order valence-electron chi connectivity index (χ0n) is 10.1. The summed E-state index contributed by atoms with van der Waals surface area (Å²) in [4.78, 5) is 4.42. The zero-order chi connectivity index (χ0) is 11.9. The first-order valence-electron chi connectivity index (χ1n) is 6.05. The Kier molecular flexibility index (Phi) is 4.71. The van der Waals surface area contributed by atoms with Crippen LogP contribution in [0.1, 0.15) is 30.6 Å². The molecule has 90 valence electrons. The fourth-order valence-electron chi connectivity index (χ4n) is 1.84. The van der Waals surface area contributed by atoms with Gasteiger partial charge in [0.2, 0.25) is 0 Å². The van der Waals surface area contributed by atoms with Crippen molar-refractivity contribution in [2.75, 3.05) is 6.54 Å². The van der Waals surface area contributed by atoms with Crippen molar-refractivity contribution in [2.45, 2.75) is 25.8 Å². The van der Waals surface area contributed by atoms with E-state index >= 15 is 0 Å². The molecule has 0 aliphatic heterocycles. The van der Waals surface area contributed by atoms with E-state index in [1.165, 1.54) is 5.56 Å². The van der Waals surface area contributed by atoms with Crippen LogP contribution in [0, 0.1) is 0 Å². The molecular weight excluding hydrogens is 228 g/mol. The van der Waals surface area contributed by atoms with Gasteiger partial charge >= 0.3 is 0 Å². The summed E-state index contributed by atoms with van der Waals surface area (Å²) in [5.74, 6) is 0. The van der Waals surface area contributed by atoms with Crippen molar-refractivity contribution < 1.29 is 0 Å². The van der Waals surface area contributed by atoms with Gasteiger partial charge in [0.25, 0.3) is 0 Å². The topological polar surface area (TPSA) is 24.9 Å². The first kappa shape index (κ1) is 12.3. The van der Waals surface area contributed by atoms with E-state index in [0.717, 1.165) is 25.1 Å². The number of thiazole rings is 1. The fraction of sp³-hybridized carbons (Fsp3) is 0.357. The summed E-state index contributed by atoms with van der Waals surface area (Å²) in [5.41, 5.74) is 4.42. The quantitative estimate of drug-likeness (QED) is 0.844. The van der Waals surface area contributed by atoms with E-state index in [4.69, 9.17) is 0 Å². The summed E-state index contributed by atoms with van der Waals surface area (Å²) < 4.78 is 0. The molecule has 0 aliphatic rings. The number of benzene rings is 1. The van der Waals surface area contributed by atoms with Crippen LogP contribution in [0.25, 0.3) is 0 Å². The van der Waals surface area contributed by atoms with Crippen LogP contribution in [0.5, 0.6) is 0 Å². The Labute approximate surface area is 107 Å². The number of hydrogen-bond donors (Lipinski definition) is 1. The highest BCUT2D eigenvalue weighted by atomic mass is 32.1. The molecule has 0 spiro atoms. The van der Waals surface area contributed by atoms with Crippen molar-refractivity contribution in [1.29, 1.82) is 0 Å². The lowest BCUT2D eigenvalue weighted by Crippen LogP contribution is -2.24. The van der Waals surface area contributed by atoms with Gasteiger partial charge in [0, 0.05) is 5.38 Å². The molecule has 0 bridgehead atoms. The molecular formula is C14H18N2S. The average molecular weight is 246 g/mol. The van der Waals surface area contributed by atoms with Crippen LogP contribution in [0.4, 0.5) is 0 Å². The van der Waals surface area contributed by atoms with Crippen LogP contribution in [-0.2, 0) is 6.42 Å². The fourth-order valence-corrected chi connectivity index (χ4v) is 2.45. The monoisotopic (exact) mass is 246 g/mol. The first-order valence-corrected chi connectivity index (χ1v) is 7.00. The van der Waals surface area contributed by atoms with Crippen LogP contribution < -0.4 is 5.32 Å². The third-order valence-electron chi connectivity index (χ3n) is 2.73. The van der Waals surface area contributed by atoms with Crippen LogP contribution in [0.15, 0.2) is 41.2 Å². The minimum atomic E-state index is 0.337. The van der Waals surface area contributed by atoms with E-state index in [1.807, 2.05) is 5.51 Å². The van der Waals surface area contributed by atoms with E-state index in [0.29, 0.717) is 6.04 Å². The van der Waals surface area contributed by atoms with Crippen LogP contribution in [0.2, 0.25) is 0 Å². The molecule has 0 amide bonds. The molecule has 0 aliphatic carbocycles. The number of hydrogen-bond acceptors (Lipinski definition) is 3. The van der Waals surface area contributed by atoms with Crippen molar-refractivity contribution in [3.8, 4) is 0 Å². The van der Waals surface area contributed by atoms with Crippen molar-refractivity contribution >= 4 is 11.3 Å². The summed E-state index contributed by atoms with van der Waals surface area (Å²) in [5, 5.41) is 5.70. The van der Waals surface area contributed by atoms with E-state index in [2.05, 4.69) is 52.9 Å². The molecule has 0 saturated carbocycles. The molecule has 17 heavy (non-hydrogen) atoms. The third-order valence-corrected chi connectivity index (χ3v) is 3.34. The lowest BCUT2D eigenvalue weighted by Gasteiger charge is -2.16. The second kappa shape index (κ2) is 6.52. The molecule has 1 aromatic carbocycles. The molecule has 2 nitrogen and oxygen atoms in total. The lowest BCUT2D eigenvalue weighted by atomic mass is 10.0. The maximum Gasteiger partial charge on any atom is 0.0795 e. The molecule has 1 unspecified atom stereocenters. The van der Waals surface area contributed by atoms with Gasteiger partial charge in [-0.1, -0.05) is 37.3 Å². The Hall–Kier alpha value is -1.19. The van der Waals surface area contributed by atoms with Crippen molar-refractivity contribution in [2.24, 2.45) is 0 Å². The number of rotatable bonds is 6. The lowest BCUT2D eigenvalue weighted by molar-refractivity contribution is 0.520. The van der Waals surface area contributed by atoms with E-state index in [9.17, 15) is 0 Å². The second-order valence-electron chi connectivity index (χ2n) is 4.11. The smallest absolute Gasteiger partial charge is 0.0795 e. The predicted octanol–water partition coefficient (Wildman–Crippen LogP) is 3.43. The summed E-state index contributed by atoms with van der Waals surface area (Å²) in [6, 6.07) is 10.9. The Morgan fingerprint density at radius 3 is 2.76 bits per heavy atom. The SMILES string of the molecule is CCCNC(Cc1ccccc1)c1cscn1. The van der Waals surface area contributed by atoms with E-state index in [-0.39, 0.29) is 0 Å². The van der Waals surface area contributed by atoms with Crippen molar-refractivity contribution in [3.05, 3.63) is 52.5 Å². The Morgan fingerprint density at radius 1 is 1.29 bits per heavy atom. The van der Waals surface area contributed by atoms with Gasteiger partial charge in [0.05, 0.1) is 17.2 Å². The zero-order valence-corrected chi connectivity index (χ0v) is 10.9. The Balaban J connectivity index is 2.06. The molecule has 2 aromatic rings. The largest absolute Gasteiger partial charge is 0.308 e. The Morgan fingerprint density at radius 2 is 2.12 bits per heavy atom. The van der Waals surface area contributed by atoms with Crippen LogP contribution in [-0.4, -0.2) is 11.5 Å². The van der Waals surface area contributed by atoms with Gasteiger partial charge in [-0.2, -0.15) is 0 Å². The maximum atomic E-state index is 4.42. The normalized spacial score (nSPS) is 12.5. The van der Waals surface area contributed by atoms with Gasteiger partial charge in [-0.25, -0.2) is 4.98 Å². The minimum Gasteiger partial charge on any atom is -0.308 e. The standard InChI is InChI=1S/C14H18N2S/c1-2-8-15-13(14-10-17-11-16-14)9-12-6-4-3-5-7-12/h3-7,10-11,13,15H,2,8-9H2,1H3. The summed E-state index contributed by atoms with van der Waals surface area (Å²) in [6.07, 6.45) is 2.15. The molecule has 0 saturated heterocycles. The third kappa shape index (κ3) is 3.65. The minimum absolute atomic E-state index is 0.337. The van der Waals surface area contributed by atoms with Gasteiger partial charge in [0.15, 0.2) is 0 Å². The van der Waals surface area contributed by atoms with Gasteiger partial charge in [-0.3, -0.25) is 0 Å². The summed E-state index contributed by atoms with van der Waals surface area (Å²) >= 11 is 1.66. The van der Waals surface area contributed by atoms with Crippen molar-refractivity contribution in [3.63, 3.8) is 0 Å². The highest BCUT2D eigenvalue weighted by Crippen LogP contribution is 2.18. The van der Waals surface area contributed by atoms with Gasteiger partial charge < -0.3 is 5.32 Å². The Bertz CT molecular complexity index is 411. The highest BCUT2D eigenvalue weighted by molar-refractivity contribution is 7.07. The van der Waals surface area contributed by atoms with Crippen LogP contribution in [0.3, 0.4) is 0 Å². The van der Waals surface area contributed by atoms with Gasteiger partial charge in [-0.05, 0) is 24.9 Å². The van der Waals surface area contributed by atoms with Gasteiger partial charge in [0.1, 0.15) is 0 Å². The summed E-state index contributed by atoms with van der Waals surface area (Å²) in [6.45, 7) is 3.22.